The Labute approximate surface area is 132 Å². The van der Waals surface area contributed by atoms with Gasteiger partial charge in [0.05, 0.1) is 17.9 Å². The zero-order valence-corrected chi connectivity index (χ0v) is 13.3. The van der Waals surface area contributed by atoms with Gasteiger partial charge in [-0.1, -0.05) is 40.2 Å². The summed E-state index contributed by atoms with van der Waals surface area (Å²) in [5, 5.41) is 12.1. The Kier molecular flexibility index (Phi) is 5.17. The molecule has 0 radical (unpaired) electrons. The van der Waals surface area contributed by atoms with Crippen molar-refractivity contribution in [1.82, 2.24) is 5.32 Å². The molecule has 1 aliphatic rings. The molecule has 21 heavy (non-hydrogen) atoms. The van der Waals surface area contributed by atoms with Gasteiger partial charge in [-0.25, -0.2) is 0 Å². The highest BCUT2D eigenvalue weighted by molar-refractivity contribution is 9.10. The van der Waals surface area contributed by atoms with Crippen LogP contribution >= 0.6 is 15.9 Å². The molecule has 3 atom stereocenters. The van der Waals surface area contributed by atoms with Gasteiger partial charge in [0.25, 0.3) is 0 Å². The maximum atomic E-state index is 12.3. The van der Waals surface area contributed by atoms with E-state index in [9.17, 15) is 14.7 Å². The third kappa shape index (κ3) is 3.94. The number of carboxylic acids is 1. The minimum Gasteiger partial charge on any atom is -0.481 e. The van der Waals surface area contributed by atoms with E-state index in [1.54, 1.807) is 0 Å². The van der Waals surface area contributed by atoms with Crippen LogP contribution in [0.2, 0.25) is 0 Å². The highest BCUT2D eigenvalue weighted by Crippen LogP contribution is 2.27. The molecule has 1 aliphatic carbocycles. The number of rotatable bonds is 4. The lowest BCUT2D eigenvalue weighted by molar-refractivity contribution is -0.147. The third-order valence-electron chi connectivity index (χ3n) is 3.82. The fourth-order valence-corrected chi connectivity index (χ4v) is 2.80. The standard InChI is InChI=1S/C16H18BrNO3/c1-10(11-6-8-12(17)9-7-11)18-15(19)13-4-2-3-5-14(13)16(20)21/h2-3,6-10,13-14H,4-5H2,1H3,(H,18,19)(H,20,21). The van der Waals surface area contributed by atoms with E-state index in [2.05, 4.69) is 21.2 Å². The van der Waals surface area contributed by atoms with Crippen molar-refractivity contribution in [1.29, 1.82) is 0 Å². The predicted molar refractivity (Wildman–Crippen MR) is 83.7 cm³/mol. The highest BCUT2D eigenvalue weighted by atomic mass is 79.9. The number of aliphatic carboxylic acids is 1. The normalized spacial score (nSPS) is 22.6. The van der Waals surface area contributed by atoms with Gasteiger partial charge in [-0.3, -0.25) is 9.59 Å². The SMILES string of the molecule is CC(NC(=O)C1CC=CCC1C(=O)O)c1ccc(Br)cc1. The van der Waals surface area contributed by atoms with Crippen LogP contribution in [0, 0.1) is 11.8 Å². The Morgan fingerprint density at radius 2 is 1.76 bits per heavy atom. The summed E-state index contributed by atoms with van der Waals surface area (Å²) in [5.74, 6) is -2.23. The zero-order chi connectivity index (χ0) is 15.4. The van der Waals surface area contributed by atoms with Crippen LogP contribution in [0.5, 0.6) is 0 Å². The fraction of sp³-hybridized carbons (Fsp3) is 0.375. The van der Waals surface area contributed by atoms with Crippen LogP contribution in [-0.2, 0) is 9.59 Å². The smallest absolute Gasteiger partial charge is 0.307 e. The number of carboxylic acid groups (broad SMARTS) is 1. The van der Waals surface area contributed by atoms with Crippen LogP contribution in [0.25, 0.3) is 0 Å². The molecule has 0 saturated heterocycles. The van der Waals surface area contributed by atoms with Crippen molar-refractivity contribution in [2.24, 2.45) is 11.8 Å². The van der Waals surface area contributed by atoms with E-state index in [4.69, 9.17) is 0 Å². The summed E-state index contributed by atoms with van der Waals surface area (Å²) in [6.45, 7) is 1.90. The molecule has 112 valence electrons. The van der Waals surface area contributed by atoms with E-state index >= 15 is 0 Å². The summed E-state index contributed by atoms with van der Waals surface area (Å²) in [7, 11) is 0. The summed E-state index contributed by atoms with van der Waals surface area (Å²) >= 11 is 3.37. The van der Waals surface area contributed by atoms with E-state index in [-0.39, 0.29) is 11.9 Å². The lowest BCUT2D eigenvalue weighted by Gasteiger charge is -2.26. The van der Waals surface area contributed by atoms with Crippen LogP contribution in [0.3, 0.4) is 0 Å². The van der Waals surface area contributed by atoms with Crippen LogP contribution in [-0.4, -0.2) is 17.0 Å². The highest BCUT2D eigenvalue weighted by Gasteiger charge is 2.34. The second-order valence-corrected chi connectivity index (χ2v) is 6.19. The first-order valence-corrected chi connectivity index (χ1v) is 7.72. The van der Waals surface area contributed by atoms with Crippen molar-refractivity contribution in [2.45, 2.75) is 25.8 Å². The molecule has 0 aliphatic heterocycles. The molecular weight excluding hydrogens is 334 g/mol. The monoisotopic (exact) mass is 351 g/mol. The molecule has 1 aromatic carbocycles. The molecule has 1 aromatic rings. The van der Waals surface area contributed by atoms with E-state index in [0.717, 1.165) is 10.0 Å². The van der Waals surface area contributed by atoms with Gasteiger partial charge in [-0.15, -0.1) is 0 Å². The molecular formula is C16H18BrNO3. The van der Waals surface area contributed by atoms with Gasteiger partial charge in [0, 0.05) is 4.47 Å². The van der Waals surface area contributed by atoms with Crippen molar-refractivity contribution >= 4 is 27.8 Å². The molecule has 5 heteroatoms. The van der Waals surface area contributed by atoms with Crippen molar-refractivity contribution in [3.8, 4) is 0 Å². The van der Waals surface area contributed by atoms with E-state index in [1.165, 1.54) is 0 Å². The number of halogens is 1. The molecule has 2 N–H and O–H groups in total. The zero-order valence-electron chi connectivity index (χ0n) is 11.8. The van der Waals surface area contributed by atoms with Gasteiger partial charge in [-0.05, 0) is 37.5 Å². The molecule has 0 aromatic heterocycles. The van der Waals surface area contributed by atoms with Gasteiger partial charge in [0.1, 0.15) is 0 Å². The Hall–Kier alpha value is -1.62. The molecule has 0 spiro atoms. The van der Waals surface area contributed by atoms with Crippen LogP contribution in [0.1, 0.15) is 31.4 Å². The average molecular weight is 352 g/mol. The number of allylic oxidation sites excluding steroid dienone is 2. The number of benzene rings is 1. The first-order chi connectivity index (χ1) is 9.99. The molecule has 0 fully saturated rings. The Bertz CT molecular complexity index is 553. The van der Waals surface area contributed by atoms with Crippen molar-refractivity contribution in [3.05, 3.63) is 46.5 Å². The van der Waals surface area contributed by atoms with Gasteiger partial charge >= 0.3 is 5.97 Å². The van der Waals surface area contributed by atoms with E-state index in [0.29, 0.717) is 12.8 Å². The van der Waals surface area contributed by atoms with Gasteiger partial charge in [0.15, 0.2) is 0 Å². The Morgan fingerprint density at radius 1 is 1.19 bits per heavy atom. The molecule has 0 bridgehead atoms. The second-order valence-electron chi connectivity index (χ2n) is 5.28. The number of hydrogen-bond donors (Lipinski definition) is 2. The maximum Gasteiger partial charge on any atom is 0.307 e. The number of hydrogen-bond acceptors (Lipinski definition) is 2. The summed E-state index contributed by atoms with van der Waals surface area (Å²) in [6.07, 6.45) is 4.62. The largest absolute Gasteiger partial charge is 0.481 e. The first kappa shape index (κ1) is 15.8. The van der Waals surface area contributed by atoms with Gasteiger partial charge in [0.2, 0.25) is 5.91 Å². The van der Waals surface area contributed by atoms with Crippen molar-refractivity contribution < 1.29 is 14.7 Å². The third-order valence-corrected chi connectivity index (χ3v) is 4.34. The molecule has 4 nitrogen and oxygen atoms in total. The Morgan fingerprint density at radius 3 is 2.33 bits per heavy atom. The van der Waals surface area contributed by atoms with Gasteiger partial charge < -0.3 is 10.4 Å². The average Bonchev–Trinajstić information content (AvgIpc) is 2.47. The lowest BCUT2D eigenvalue weighted by Crippen LogP contribution is -2.39. The Balaban J connectivity index is 2.04. The summed E-state index contributed by atoms with van der Waals surface area (Å²) < 4.78 is 0.980. The summed E-state index contributed by atoms with van der Waals surface area (Å²) in [5.41, 5.74) is 0.991. The molecule has 1 amide bonds. The number of nitrogens with one attached hydrogen (secondary N) is 1. The molecule has 2 rings (SSSR count). The summed E-state index contributed by atoms with van der Waals surface area (Å²) in [6, 6.07) is 7.56. The molecule has 0 saturated carbocycles. The molecule has 3 unspecified atom stereocenters. The summed E-state index contributed by atoms with van der Waals surface area (Å²) in [4.78, 5) is 23.6. The second kappa shape index (κ2) is 6.89. The quantitative estimate of drug-likeness (QED) is 0.818. The van der Waals surface area contributed by atoms with Crippen molar-refractivity contribution in [2.75, 3.05) is 0 Å². The van der Waals surface area contributed by atoms with Crippen LogP contribution < -0.4 is 5.32 Å². The van der Waals surface area contributed by atoms with Gasteiger partial charge in [-0.2, -0.15) is 0 Å². The fourth-order valence-electron chi connectivity index (χ4n) is 2.53. The maximum absolute atomic E-state index is 12.3. The van der Waals surface area contributed by atoms with E-state index < -0.39 is 17.8 Å². The minimum atomic E-state index is -0.907. The topological polar surface area (TPSA) is 66.4 Å². The molecule has 0 heterocycles. The number of amides is 1. The number of carbonyl (C=O) groups excluding carboxylic acids is 1. The predicted octanol–water partition coefficient (Wildman–Crippen LogP) is 3.29. The van der Waals surface area contributed by atoms with Crippen LogP contribution in [0.15, 0.2) is 40.9 Å². The first-order valence-electron chi connectivity index (χ1n) is 6.92. The van der Waals surface area contributed by atoms with E-state index in [1.807, 2.05) is 43.3 Å². The van der Waals surface area contributed by atoms with Crippen molar-refractivity contribution in [3.63, 3.8) is 0 Å². The lowest BCUT2D eigenvalue weighted by atomic mass is 9.82. The van der Waals surface area contributed by atoms with Crippen LogP contribution in [0.4, 0.5) is 0 Å². The minimum absolute atomic E-state index is 0.147. The number of carbonyl (C=O) groups is 2.